The molecule has 1 aromatic heterocycles. The van der Waals surface area contributed by atoms with Crippen molar-refractivity contribution in [3.8, 4) is 22.8 Å². The summed E-state index contributed by atoms with van der Waals surface area (Å²) in [6.07, 6.45) is 1.34. The van der Waals surface area contributed by atoms with Crippen molar-refractivity contribution >= 4 is 17.6 Å². The fourth-order valence-electron chi connectivity index (χ4n) is 2.21. The molecule has 1 N–H and O–H groups in total. The molecule has 0 aliphatic rings. The van der Waals surface area contributed by atoms with Crippen molar-refractivity contribution in [1.82, 2.24) is 14.8 Å². The minimum atomic E-state index is -1.03. The number of ether oxygens (including phenoxy) is 1. The second-order valence-electron chi connectivity index (χ2n) is 4.74. The maximum atomic E-state index is 11.4. The summed E-state index contributed by atoms with van der Waals surface area (Å²) in [7, 11) is 1.47. The van der Waals surface area contributed by atoms with Gasteiger partial charge >= 0.3 is 12.0 Å². The fourth-order valence-corrected chi connectivity index (χ4v) is 2.34. The number of hydrogen-bond acceptors (Lipinski definition) is 4. The number of carbonyl (C=O) groups is 1. The molecule has 1 heterocycles. The van der Waals surface area contributed by atoms with Crippen LogP contribution < -0.4 is 4.74 Å². The zero-order chi connectivity index (χ0) is 16.4. The molecule has 0 radical (unpaired) electrons. The topological polar surface area (TPSA) is 77.2 Å². The molecular weight excluding hydrogens is 318 g/mol. The maximum Gasteiger partial charge on any atom is 0.335 e. The highest BCUT2D eigenvalue weighted by Crippen LogP contribution is 2.26. The number of carboxylic acid groups (broad SMARTS) is 1. The predicted molar refractivity (Wildman–Crippen MR) is 85.3 cm³/mol. The number of rotatable bonds is 4. The van der Waals surface area contributed by atoms with Crippen LogP contribution in [0.25, 0.3) is 16.8 Å². The standard InChI is InChI=1S/C16H12ClN3O3/c1-23-16-18-9-19-20(16)14-7-11(6-12(8-14)15(21)22)10-2-4-13(17)5-3-10/h2-9H,1H3,(H,21,22). The molecule has 0 amide bonds. The first-order chi connectivity index (χ1) is 11.1. The summed E-state index contributed by atoms with van der Waals surface area (Å²) >= 11 is 5.90. The van der Waals surface area contributed by atoms with Crippen LogP contribution in [0, 0.1) is 0 Å². The number of hydrogen-bond donors (Lipinski definition) is 1. The van der Waals surface area contributed by atoms with Crippen LogP contribution in [0.5, 0.6) is 6.01 Å². The summed E-state index contributed by atoms with van der Waals surface area (Å²) in [6.45, 7) is 0. The van der Waals surface area contributed by atoms with Crippen LogP contribution in [0.3, 0.4) is 0 Å². The van der Waals surface area contributed by atoms with E-state index in [0.717, 1.165) is 11.1 Å². The highest BCUT2D eigenvalue weighted by atomic mass is 35.5. The molecule has 7 heteroatoms. The zero-order valence-corrected chi connectivity index (χ0v) is 12.9. The van der Waals surface area contributed by atoms with Crippen molar-refractivity contribution in [2.45, 2.75) is 0 Å². The van der Waals surface area contributed by atoms with Gasteiger partial charge in [-0.25, -0.2) is 4.79 Å². The Morgan fingerprint density at radius 3 is 2.57 bits per heavy atom. The van der Waals surface area contributed by atoms with E-state index in [-0.39, 0.29) is 11.6 Å². The molecule has 6 nitrogen and oxygen atoms in total. The Bertz CT molecular complexity index is 859. The third-order valence-corrected chi connectivity index (χ3v) is 3.54. The lowest BCUT2D eigenvalue weighted by Gasteiger charge is -2.09. The number of aromatic nitrogens is 3. The molecule has 0 aliphatic carbocycles. The van der Waals surface area contributed by atoms with Gasteiger partial charge in [-0.3, -0.25) is 0 Å². The first kappa shape index (κ1) is 15.1. The summed E-state index contributed by atoms with van der Waals surface area (Å²) in [5, 5.41) is 14.0. The van der Waals surface area contributed by atoms with Crippen molar-refractivity contribution in [3.63, 3.8) is 0 Å². The van der Waals surface area contributed by atoms with Gasteiger partial charge in [-0.05, 0) is 41.5 Å². The Labute approximate surface area is 136 Å². The molecule has 0 saturated carbocycles. The van der Waals surface area contributed by atoms with Gasteiger partial charge in [0.05, 0.1) is 18.4 Å². The first-order valence-corrected chi connectivity index (χ1v) is 7.05. The number of nitrogens with zero attached hydrogens (tertiary/aromatic N) is 3. The lowest BCUT2D eigenvalue weighted by atomic mass is 10.0. The van der Waals surface area contributed by atoms with Gasteiger partial charge < -0.3 is 9.84 Å². The molecule has 0 atom stereocenters. The van der Waals surface area contributed by atoms with E-state index in [0.29, 0.717) is 10.7 Å². The predicted octanol–water partition coefficient (Wildman–Crippen LogP) is 3.29. The van der Waals surface area contributed by atoms with E-state index in [4.69, 9.17) is 16.3 Å². The van der Waals surface area contributed by atoms with Gasteiger partial charge in [-0.1, -0.05) is 23.7 Å². The Kier molecular flexibility index (Phi) is 3.99. The van der Waals surface area contributed by atoms with Crippen LogP contribution in [-0.4, -0.2) is 33.0 Å². The number of halogens is 1. The van der Waals surface area contributed by atoms with Gasteiger partial charge in [0.25, 0.3) is 0 Å². The van der Waals surface area contributed by atoms with Crippen LogP contribution in [0.1, 0.15) is 10.4 Å². The van der Waals surface area contributed by atoms with Gasteiger partial charge in [0, 0.05) is 5.02 Å². The summed E-state index contributed by atoms with van der Waals surface area (Å²) in [5.41, 5.74) is 2.26. The van der Waals surface area contributed by atoms with Crippen LogP contribution in [0.15, 0.2) is 48.8 Å². The monoisotopic (exact) mass is 329 g/mol. The summed E-state index contributed by atoms with van der Waals surface area (Å²) < 4.78 is 6.56. The smallest absolute Gasteiger partial charge is 0.335 e. The molecule has 0 fully saturated rings. The molecule has 3 rings (SSSR count). The molecular formula is C16H12ClN3O3. The normalized spacial score (nSPS) is 10.5. The molecule has 3 aromatic rings. The summed E-state index contributed by atoms with van der Waals surface area (Å²) in [4.78, 5) is 15.4. The second kappa shape index (κ2) is 6.10. The molecule has 0 saturated heterocycles. The number of benzene rings is 2. The van der Waals surface area contributed by atoms with Gasteiger partial charge in [-0.15, -0.1) is 0 Å². The van der Waals surface area contributed by atoms with Gasteiger partial charge in [0.15, 0.2) is 0 Å². The Morgan fingerprint density at radius 2 is 1.91 bits per heavy atom. The Hall–Kier alpha value is -2.86. The number of aromatic carboxylic acids is 1. The third kappa shape index (κ3) is 3.02. The summed E-state index contributed by atoms with van der Waals surface area (Å²) in [6, 6.07) is 12.3. The molecule has 0 aliphatic heterocycles. The molecule has 0 bridgehead atoms. The van der Waals surface area contributed by atoms with Gasteiger partial charge in [0.2, 0.25) is 0 Å². The van der Waals surface area contributed by atoms with E-state index < -0.39 is 5.97 Å². The highest BCUT2D eigenvalue weighted by molar-refractivity contribution is 6.30. The van der Waals surface area contributed by atoms with Crippen molar-refractivity contribution in [2.75, 3.05) is 7.11 Å². The van der Waals surface area contributed by atoms with E-state index in [1.54, 1.807) is 18.2 Å². The van der Waals surface area contributed by atoms with E-state index in [1.807, 2.05) is 18.2 Å². The second-order valence-corrected chi connectivity index (χ2v) is 5.18. The largest absolute Gasteiger partial charge is 0.478 e. The molecule has 0 unspecified atom stereocenters. The number of carboxylic acids is 1. The summed E-state index contributed by atoms with van der Waals surface area (Å²) in [5.74, 6) is -1.03. The highest BCUT2D eigenvalue weighted by Gasteiger charge is 2.13. The van der Waals surface area contributed by atoms with Crippen molar-refractivity contribution in [1.29, 1.82) is 0 Å². The van der Waals surface area contributed by atoms with E-state index >= 15 is 0 Å². The van der Waals surface area contributed by atoms with Gasteiger partial charge in [0.1, 0.15) is 6.33 Å². The molecule has 0 spiro atoms. The average molecular weight is 330 g/mol. The van der Waals surface area contributed by atoms with Crippen LogP contribution in [0.2, 0.25) is 5.02 Å². The van der Waals surface area contributed by atoms with Gasteiger partial charge in [-0.2, -0.15) is 14.8 Å². The van der Waals surface area contributed by atoms with Crippen LogP contribution in [-0.2, 0) is 0 Å². The molecule has 23 heavy (non-hydrogen) atoms. The molecule has 116 valence electrons. The van der Waals surface area contributed by atoms with E-state index in [1.165, 1.54) is 24.2 Å². The average Bonchev–Trinajstić information content (AvgIpc) is 3.03. The van der Waals surface area contributed by atoms with E-state index in [9.17, 15) is 9.90 Å². The molecule has 2 aromatic carbocycles. The third-order valence-electron chi connectivity index (χ3n) is 3.29. The van der Waals surface area contributed by atoms with Crippen LogP contribution in [0.4, 0.5) is 0 Å². The Balaban J connectivity index is 2.17. The lowest BCUT2D eigenvalue weighted by molar-refractivity contribution is 0.0697. The lowest BCUT2D eigenvalue weighted by Crippen LogP contribution is -2.04. The minimum Gasteiger partial charge on any atom is -0.478 e. The van der Waals surface area contributed by atoms with E-state index in [2.05, 4.69) is 10.1 Å². The fraction of sp³-hybridized carbons (Fsp3) is 0.0625. The quantitative estimate of drug-likeness (QED) is 0.794. The Morgan fingerprint density at radius 1 is 1.17 bits per heavy atom. The van der Waals surface area contributed by atoms with Crippen molar-refractivity contribution in [3.05, 3.63) is 59.4 Å². The maximum absolute atomic E-state index is 11.4. The first-order valence-electron chi connectivity index (χ1n) is 6.67. The number of methoxy groups -OCH3 is 1. The zero-order valence-electron chi connectivity index (χ0n) is 12.1. The van der Waals surface area contributed by atoms with Crippen molar-refractivity contribution < 1.29 is 14.6 Å². The van der Waals surface area contributed by atoms with Crippen molar-refractivity contribution in [2.24, 2.45) is 0 Å². The SMILES string of the molecule is COc1ncnn1-c1cc(C(=O)O)cc(-c2ccc(Cl)cc2)c1. The van der Waals surface area contributed by atoms with Crippen LogP contribution >= 0.6 is 11.6 Å². The minimum absolute atomic E-state index is 0.144.